The normalized spacial score (nSPS) is 16.3. The smallest absolute Gasteiger partial charge is 0.247 e. The Morgan fingerprint density at radius 2 is 1.86 bits per heavy atom. The van der Waals surface area contributed by atoms with Crippen molar-refractivity contribution in [3.63, 3.8) is 0 Å². The van der Waals surface area contributed by atoms with Gasteiger partial charge in [-0.2, -0.15) is 9.40 Å². The quantitative estimate of drug-likeness (QED) is 0.671. The van der Waals surface area contributed by atoms with Crippen LogP contribution < -0.4 is 5.69 Å². The van der Waals surface area contributed by atoms with E-state index in [0.29, 0.717) is 29.5 Å². The summed E-state index contributed by atoms with van der Waals surface area (Å²) in [6.07, 6.45) is 2.13. The number of nitrogens with zero attached hydrogens (tertiary/aromatic N) is 3. The summed E-state index contributed by atoms with van der Waals surface area (Å²) < 4.78 is 29.3. The maximum Gasteiger partial charge on any atom is 0.347 e. The molecule has 29 heavy (non-hydrogen) atoms. The molecule has 0 bridgehead atoms. The number of aromatic nitrogens is 3. The van der Waals surface area contributed by atoms with E-state index >= 15 is 0 Å². The zero-order chi connectivity index (χ0) is 20.6. The van der Waals surface area contributed by atoms with Crippen LogP contribution in [0, 0.1) is 19.8 Å². The summed E-state index contributed by atoms with van der Waals surface area (Å²) in [6.45, 7) is 4.86. The molecular formula is C20H24N4O3S2. The first-order valence-electron chi connectivity index (χ1n) is 9.65. The van der Waals surface area contributed by atoms with Gasteiger partial charge in [0.2, 0.25) is 0 Å². The Morgan fingerprint density at radius 3 is 2.52 bits per heavy atom. The second kappa shape index (κ2) is 7.89. The maximum atomic E-state index is 12.8. The van der Waals surface area contributed by atoms with Crippen LogP contribution in [0.4, 0.5) is 0 Å². The molecule has 0 atom stereocenters. The highest BCUT2D eigenvalue weighted by molar-refractivity contribution is 7.91. The molecule has 1 fully saturated rings. The van der Waals surface area contributed by atoms with Crippen molar-refractivity contribution in [2.45, 2.75) is 37.3 Å². The van der Waals surface area contributed by atoms with Gasteiger partial charge in [-0.05, 0) is 56.4 Å². The van der Waals surface area contributed by atoms with Gasteiger partial charge in [0.1, 0.15) is 10.0 Å². The topological polar surface area (TPSA) is 88.1 Å². The number of aromatic amines is 1. The van der Waals surface area contributed by atoms with E-state index in [4.69, 9.17) is 0 Å². The van der Waals surface area contributed by atoms with Crippen LogP contribution in [-0.2, 0) is 16.4 Å². The number of aryl methyl sites for hydroxylation is 2. The molecule has 2 aromatic heterocycles. The molecule has 3 aromatic rings. The van der Waals surface area contributed by atoms with Gasteiger partial charge < -0.3 is 0 Å². The van der Waals surface area contributed by atoms with Crippen LogP contribution in [0.5, 0.6) is 0 Å². The molecule has 3 heterocycles. The Morgan fingerprint density at radius 1 is 1.14 bits per heavy atom. The van der Waals surface area contributed by atoms with Crippen molar-refractivity contribution in [2.24, 2.45) is 5.92 Å². The van der Waals surface area contributed by atoms with Crippen LogP contribution in [-0.4, -0.2) is 40.6 Å². The first-order chi connectivity index (χ1) is 13.9. The molecule has 9 heteroatoms. The third kappa shape index (κ3) is 3.94. The van der Waals surface area contributed by atoms with E-state index in [0.717, 1.165) is 29.0 Å². The van der Waals surface area contributed by atoms with E-state index < -0.39 is 10.0 Å². The zero-order valence-corrected chi connectivity index (χ0v) is 18.1. The van der Waals surface area contributed by atoms with Crippen LogP contribution in [0.15, 0.2) is 45.4 Å². The first kappa shape index (κ1) is 20.1. The van der Waals surface area contributed by atoms with Gasteiger partial charge in [-0.3, -0.25) is 0 Å². The summed E-state index contributed by atoms with van der Waals surface area (Å²) in [4.78, 5) is 13.3. The van der Waals surface area contributed by atoms with E-state index in [1.807, 2.05) is 44.2 Å². The number of piperidine rings is 1. The molecule has 0 amide bonds. The average molecular weight is 433 g/mol. The van der Waals surface area contributed by atoms with Gasteiger partial charge in [0.05, 0.1) is 5.69 Å². The largest absolute Gasteiger partial charge is 0.347 e. The molecule has 0 spiro atoms. The lowest BCUT2D eigenvalue weighted by molar-refractivity contribution is 0.270. The summed E-state index contributed by atoms with van der Waals surface area (Å²) in [5.41, 5.74) is 1.58. The molecule has 1 saturated heterocycles. The number of rotatable bonds is 5. The predicted molar refractivity (Wildman–Crippen MR) is 113 cm³/mol. The third-order valence-electron chi connectivity index (χ3n) is 5.45. The standard InChI is InChI=1S/C20H24N4O3S2/c1-14-5-3-4-6-17(14)24-18(21-22-20(24)25)13-16-9-11-23(12-10-16)29(26,27)19-8-7-15(2)28-19/h3-8,16H,9-13H2,1-2H3,(H,22,25). The highest BCUT2D eigenvalue weighted by atomic mass is 32.2. The van der Waals surface area contributed by atoms with Crippen LogP contribution in [0.1, 0.15) is 29.1 Å². The van der Waals surface area contributed by atoms with Crippen molar-refractivity contribution >= 4 is 21.4 Å². The van der Waals surface area contributed by atoms with Crippen molar-refractivity contribution in [3.05, 3.63) is 63.1 Å². The van der Waals surface area contributed by atoms with Gasteiger partial charge >= 0.3 is 5.69 Å². The molecule has 1 aromatic carbocycles. The van der Waals surface area contributed by atoms with Crippen molar-refractivity contribution in [3.8, 4) is 5.69 Å². The van der Waals surface area contributed by atoms with Crippen LogP contribution in [0.3, 0.4) is 0 Å². The van der Waals surface area contributed by atoms with Crippen molar-refractivity contribution in [1.82, 2.24) is 19.1 Å². The molecule has 7 nitrogen and oxygen atoms in total. The number of benzene rings is 1. The lowest BCUT2D eigenvalue weighted by Gasteiger charge is -2.30. The molecule has 0 unspecified atom stereocenters. The Labute approximate surface area is 174 Å². The summed E-state index contributed by atoms with van der Waals surface area (Å²) in [6, 6.07) is 11.2. The number of H-pyrrole nitrogens is 1. The number of hydrogen-bond donors (Lipinski definition) is 1. The minimum atomic E-state index is -3.42. The van der Waals surface area contributed by atoms with Crippen LogP contribution >= 0.6 is 11.3 Å². The second-order valence-electron chi connectivity index (χ2n) is 7.48. The highest BCUT2D eigenvalue weighted by Crippen LogP contribution is 2.29. The average Bonchev–Trinajstić information content (AvgIpc) is 3.29. The molecule has 1 aliphatic rings. The van der Waals surface area contributed by atoms with Crippen LogP contribution in [0.2, 0.25) is 0 Å². The van der Waals surface area contributed by atoms with Gasteiger partial charge in [-0.1, -0.05) is 18.2 Å². The number of sulfonamides is 1. The second-order valence-corrected chi connectivity index (χ2v) is 10.9. The van der Waals surface area contributed by atoms with E-state index in [1.165, 1.54) is 11.3 Å². The lowest BCUT2D eigenvalue weighted by Crippen LogP contribution is -2.38. The van der Waals surface area contributed by atoms with Gasteiger partial charge in [0.15, 0.2) is 0 Å². The monoisotopic (exact) mass is 432 g/mol. The molecule has 1 aliphatic heterocycles. The number of thiophene rings is 1. The summed E-state index contributed by atoms with van der Waals surface area (Å²) in [5.74, 6) is 0.976. The Hall–Kier alpha value is -2.23. The number of nitrogens with one attached hydrogen (secondary N) is 1. The maximum absolute atomic E-state index is 12.8. The van der Waals surface area contributed by atoms with Crippen molar-refractivity contribution < 1.29 is 8.42 Å². The third-order valence-corrected chi connectivity index (χ3v) is 8.82. The van der Waals surface area contributed by atoms with E-state index in [-0.39, 0.29) is 11.6 Å². The minimum Gasteiger partial charge on any atom is -0.247 e. The first-order valence-corrected chi connectivity index (χ1v) is 11.9. The molecule has 0 aliphatic carbocycles. The molecule has 4 rings (SSSR count). The predicted octanol–water partition coefficient (Wildman–Crippen LogP) is 2.88. The number of para-hydroxylation sites is 1. The van der Waals surface area contributed by atoms with Crippen molar-refractivity contribution in [1.29, 1.82) is 0 Å². The fourth-order valence-electron chi connectivity index (χ4n) is 3.82. The lowest BCUT2D eigenvalue weighted by atomic mass is 9.94. The van der Waals surface area contributed by atoms with Crippen molar-refractivity contribution in [2.75, 3.05) is 13.1 Å². The Bertz CT molecular complexity index is 1170. The molecule has 1 N–H and O–H groups in total. The SMILES string of the molecule is Cc1ccc(S(=O)(=O)N2CCC(Cc3n[nH]c(=O)n3-c3ccccc3C)CC2)s1. The van der Waals surface area contributed by atoms with E-state index in [9.17, 15) is 13.2 Å². The van der Waals surface area contributed by atoms with Gasteiger partial charge in [0.25, 0.3) is 10.0 Å². The minimum absolute atomic E-state index is 0.248. The van der Waals surface area contributed by atoms with Crippen LogP contribution in [0.25, 0.3) is 5.69 Å². The highest BCUT2D eigenvalue weighted by Gasteiger charge is 2.31. The van der Waals surface area contributed by atoms with Gasteiger partial charge in [0, 0.05) is 24.4 Å². The summed E-state index contributed by atoms with van der Waals surface area (Å²) in [7, 11) is -3.42. The molecule has 0 saturated carbocycles. The fraction of sp³-hybridized carbons (Fsp3) is 0.400. The van der Waals surface area contributed by atoms with Gasteiger partial charge in [-0.15, -0.1) is 11.3 Å². The van der Waals surface area contributed by atoms with E-state index in [2.05, 4.69) is 10.2 Å². The zero-order valence-electron chi connectivity index (χ0n) is 16.5. The fourth-order valence-corrected chi connectivity index (χ4v) is 6.73. The summed E-state index contributed by atoms with van der Waals surface area (Å²) >= 11 is 1.31. The number of hydrogen-bond acceptors (Lipinski definition) is 5. The Balaban J connectivity index is 1.48. The summed E-state index contributed by atoms with van der Waals surface area (Å²) in [5, 5.41) is 6.80. The molecule has 0 radical (unpaired) electrons. The van der Waals surface area contributed by atoms with E-state index in [1.54, 1.807) is 14.9 Å². The molecular weight excluding hydrogens is 408 g/mol. The Kier molecular flexibility index (Phi) is 5.46. The molecule has 154 valence electrons. The van der Waals surface area contributed by atoms with Gasteiger partial charge in [-0.25, -0.2) is 22.9 Å².